The molecule has 1 aromatic heterocycles. The Hall–Kier alpha value is -1.14. The summed E-state index contributed by atoms with van der Waals surface area (Å²) in [4.78, 5) is 4.44. The van der Waals surface area contributed by atoms with Crippen molar-refractivity contribution in [3.63, 3.8) is 0 Å². The normalized spacial score (nSPS) is 10.8. The molecule has 114 valence electrons. The summed E-state index contributed by atoms with van der Waals surface area (Å²) in [5.41, 5.74) is 1.03. The number of hydrogen-bond acceptors (Lipinski definition) is 3. The van der Waals surface area contributed by atoms with Crippen LogP contribution in [-0.4, -0.2) is 57.9 Å². The standard InChI is InChI=1S/C14H27N5S/c1-5-19(6-2)10-7-9-15-14(20)17(3)12-13-8-11-18(4)16-13/h8,11H,5-7,9-10,12H2,1-4H3,(H,15,20). The third-order valence-electron chi connectivity index (χ3n) is 3.34. The van der Waals surface area contributed by atoms with Gasteiger partial charge in [-0.05, 0) is 44.3 Å². The number of hydrogen-bond donors (Lipinski definition) is 1. The molecule has 6 heteroatoms. The van der Waals surface area contributed by atoms with Gasteiger partial charge in [-0.1, -0.05) is 13.8 Å². The van der Waals surface area contributed by atoms with E-state index in [9.17, 15) is 0 Å². The molecule has 1 N–H and O–H groups in total. The van der Waals surface area contributed by atoms with E-state index in [1.807, 2.05) is 35.9 Å². The molecule has 0 unspecified atom stereocenters. The Morgan fingerprint density at radius 1 is 1.40 bits per heavy atom. The van der Waals surface area contributed by atoms with Crippen LogP contribution in [0.2, 0.25) is 0 Å². The lowest BCUT2D eigenvalue weighted by molar-refractivity contribution is 0.299. The van der Waals surface area contributed by atoms with Gasteiger partial charge in [-0.15, -0.1) is 0 Å². The van der Waals surface area contributed by atoms with Gasteiger partial charge in [0.1, 0.15) is 0 Å². The second-order valence-electron chi connectivity index (χ2n) is 4.95. The molecule has 0 fully saturated rings. The van der Waals surface area contributed by atoms with E-state index in [4.69, 9.17) is 12.2 Å². The molecule has 0 aromatic carbocycles. The van der Waals surface area contributed by atoms with Gasteiger partial charge in [0.05, 0.1) is 12.2 Å². The lowest BCUT2D eigenvalue weighted by Crippen LogP contribution is -2.38. The summed E-state index contributed by atoms with van der Waals surface area (Å²) in [6.07, 6.45) is 3.06. The Labute approximate surface area is 127 Å². The highest BCUT2D eigenvalue weighted by atomic mass is 32.1. The summed E-state index contributed by atoms with van der Waals surface area (Å²) < 4.78 is 1.81. The predicted octanol–water partition coefficient (Wildman–Crippen LogP) is 1.46. The third-order valence-corrected chi connectivity index (χ3v) is 3.79. The molecule has 0 aliphatic carbocycles. The van der Waals surface area contributed by atoms with E-state index in [1.54, 1.807) is 0 Å². The second kappa shape index (κ2) is 8.92. The van der Waals surface area contributed by atoms with Crippen LogP contribution in [0, 0.1) is 0 Å². The van der Waals surface area contributed by atoms with Crippen molar-refractivity contribution in [1.29, 1.82) is 0 Å². The lowest BCUT2D eigenvalue weighted by atomic mass is 10.3. The fourth-order valence-corrected chi connectivity index (χ4v) is 2.20. The Balaban J connectivity index is 2.21. The van der Waals surface area contributed by atoms with Crippen molar-refractivity contribution in [2.75, 3.05) is 33.2 Å². The summed E-state index contributed by atoms with van der Waals surface area (Å²) in [6.45, 7) is 9.39. The molecule has 0 saturated carbocycles. The first kappa shape index (κ1) is 16.9. The molecule has 0 aliphatic heterocycles. The Morgan fingerprint density at radius 3 is 2.65 bits per heavy atom. The third kappa shape index (κ3) is 5.88. The quantitative estimate of drug-likeness (QED) is 0.581. The van der Waals surface area contributed by atoms with Crippen molar-refractivity contribution in [3.05, 3.63) is 18.0 Å². The number of nitrogens with one attached hydrogen (secondary N) is 1. The first-order valence-electron chi connectivity index (χ1n) is 7.26. The van der Waals surface area contributed by atoms with Gasteiger partial charge in [-0.2, -0.15) is 5.10 Å². The highest BCUT2D eigenvalue weighted by molar-refractivity contribution is 7.80. The van der Waals surface area contributed by atoms with E-state index in [-0.39, 0.29) is 0 Å². The minimum Gasteiger partial charge on any atom is -0.363 e. The molecule has 1 aromatic rings. The summed E-state index contributed by atoms with van der Waals surface area (Å²) >= 11 is 5.39. The van der Waals surface area contributed by atoms with E-state index >= 15 is 0 Å². The first-order valence-corrected chi connectivity index (χ1v) is 7.67. The first-order chi connectivity index (χ1) is 9.56. The van der Waals surface area contributed by atoms with Crippen LogP contribution in [-0.2, 0) is 13.6 Å². The molecule has 20 heavy (non-hydrogen) atoms. The van der Waals surface area contributed by atoms with Crippen LogP contribution in [0.3, 0.4) is 0 Å². The molecule has 0 radical (unpaired) electrons. The van der Waals surface area contributed by atoms with Crippen molar-refractivity contribution in [2.24, 2.45) is 7.05 Å². The van der Waals surface area contributed by atoms with E-state index in [0.29, 0.717) is 0 Å². The highest BCUT2D eigenvalue weighted by Crippen LogP contribution is 2.00. The zero-order valence-electron chi connectivity index (χ0n) is 13.1. The maximum absolute atomic E-state index is 5.39. The molecule has 0 bridgehead atoms. The van der Waals surface area contributed by atoms with Crippen molar-refractivity contribution in [1.82, 2.24) is 24.9 Å². The minimum atomic E-state index is 0.739. The number of rotatable bonds is 8. The van der Waals surface area contributed by atoms with Gasteiger partial charge in [0.25, 0.3) is 0 Å². The molecule has 5 nitrogen and oxygen atoms in total. The maximum atomic E-state index is 5.39. The maximum Gasteiger partial charge on any atom is 0.169 e. The molecule has 0 atom stereocenters. The van der Waals surface area contributed by atoms with Crippen LogP contribution >= 0.6 is 12.2 Å². The van der Waals surface area contributed by atoms with E-state index in [1.165, 1.54) is 0 Å². The van der Waals surface area contributed by atoms with Crippen LogP contribution in [0.5, 0.6) is 0 Å². The summed E-state index contributed by atoms with van der Waals surface area (Å²) in [5.74, 6) is 0. The van der Waals surface area contributed by atoms with Crippen LogP contribution in [0.25, 0.3) is 0 Å². The van der Waals surface area contributed by atoms with Gasteiger partial charge in [0.15, 0.2) is 5.11 Å². The lowest BCUT2D eigenvalue weighted by Gasteiger charge is -2.21. The number of thiocarbonyl (C=S) groups is 1. The molecule has 0 saturated heterocycles. The Bertz CT molecular complexity index is 400. The van der Waals surface area contributed by atoms with Crippen LogP contribution in [0.15, 0.2) is 12.3 Å². The van der Waals surface area contributed by atoms with E-state index in [0.717, 1.165) is 50.0 Å². The number of aromatic nitrogens is 2. The number of aryl methyl sites for hydroxylation is 1. The zero-order valence-corrected chi connectivity index (χ0v) is 13.9. The van der Waals surface area contributed by atoms with Crippen molar-refractivity contribution in [3.8, 4) is 0 Å². The summed E-state index contributed by atoms with van der Waals surface area (Å²) in [7, 11) is 3.92. The van der Waals surface area contributed by atoms with Crippen molar-refractivity contribution < 1.29 is 0 Å². The van der Waals surface area contributed by atoms with Gasteiger partial charge in [-0.3, -0.25) is 4.68 Å². The summed E-state index contributed by atoms with van der Waals surface area (Å²) in [6, 6.07) is 2.01. The molecule has 0 spiro atoms. The smallest absolute Gasteiger partial charge is 0.169 e. The molecule has 0 amide bonds. The Morgan fingerprint density at radius 2 is 2.10 bits per heavy atom. The van der Waals surface area contributed by atoms with E-state index in [2.05, 4.69) is 29.2 Å². The highest BCUT2D eigenvalue weighted by Gasteiger charge is 2.06. The SMILES string of the molecule is CCN(CC)CCCNC(=S)N(C)Cc1ccn(C)n1. The zero-order chi connectivity index (χ0) is 15.0. The monoisotopic (exact) mass is 297 g/mol. The summed E-state index contributed by atoms with van der Waals surface area (Å²) in [5, 5.41) is 8.45. The molecule has 1 rings (SSSR count). The average molecular weight is 297 g/mol. The van der Waals surface area contributed by atoms with Gasteiger partial charge in [0, 0.05) is 26.8 Å². The molecular formula is C14H27N5S. The number of nitrogens with zero attached hydrogens (tertiary/aromatic N) is 4. The average Bonchev–Trinajstić information content (AvgIpc) is 2.84. The van der Waals surface area contributed by atoms with Gasteiger partial charge in [-0.25, -0.2) is 0 Å². The molecule has 0 aliphatic rings. The van der Waals surface area contributed by atoms with E-state index < -0.39 is 0 Å². The minimum absolute atomic E-state index is 0.739. The molecule has 1 heterocycles. The fourth-order valence-electron chi connectivity index (χ4n) is 2.04. The second-order valence-corrected chi connectivity index (χ2v) is 5.34. The van der Waals surface area contributed by atoms with Gasteiger partial charge in [0.2, 0.25) is 0 Å². The predicted molar refractivity (Wildman–Crippen MR) is 87.7 cm³/mol. The van der Waals surface area contributed by atoms with Crippen LogP contribution in [0.4, 0.5) is 0 Å². The largest absolute Gasteiger partial charge is 0.363 e. The van der Waals surface area contributed by atoms with Crippen molar-refractivity contribution in [2.45, 2.75) is 26.8 Å². The topological polar surface area (TPSA) is 36.3 Å². The van der Waals surface area contributed by atoms with Gasteiger partial charge < -0.3 is 15.1 Å². The van der Waals surface area contributed by atoms with Crippen molar-refractivity contribution >= 4 is 17.3 Å². The van der Waals surface area contributed by atoms with Crippen LogP contribution < -0.4 is 5.32 Å². The fraction of sp³-hybridized carbons (Fsp3) is 0.714. The Kier molecular flexibility index (Phi) is 7.54. The molecular weight excluding hydrogens is 270 g/mol. The van der Waals surface area contributed by atoms with Crippen LogP contribution in [0.1, 0.15) is 26.0 Å². The van der Waals surface area contributed by atoms with Gasteiger partial charge >= 0.3 is 0 Å².